The van der Waals surface area contributed by atoms with Crippen LogP contribution >= 0.6 is 39.1 Å². The Bertz CT molecular complexity index is 652. The molecule has 0 aliphatic rings. The molecule has 19 heavy (non-hydrogen) atoms. The van der Waals surface area contributed by atoms with Crippen molar-refractivity contribution in [3.05, 3.63) is 56.5 Å². The SMILES string of the molecule is O=C(Nc1cc(Br)ccc1F)c1ccc(Cl)nc1Cl. The van der Waals surface area contributed by atoms with Gasteiger partial charge < -0.3 is 5.32 Å². The first kappa shape index (κ1) is 14.2. The fourth-order valence-corrected chi connectivity index (χ4v) is 2.16. The van der Waals surface area contributed by atoms with Crippen molar-refractivity contribution in [3.8, 4) is 0 Å². The molecule has 0 aliphatic carbocycles. The molecular formula is C12H6BrCl2FN2O. The highest BCUT2D eigenvalue weighted by Gasteiger charge is 2.14. The minimum Gasteiger partial charge on any atom is -0.319 e. The zero-order valence-corrected chi connectivity index (χ0v) is 12.4. The summed E-state index contributed by atoms with van der Waals surface area (Å²) in [5, 5.41) is 2.55. The highest BCUT2D eigenvalue weighted by atomic mass is 79.9. The summed E-state index contributed by atoms with van der Waals surface area (Å²) in [6.45, 7) is 0. The molecule has 0 radical (unpaired) electrons. The number of nitrogens with zero attached hydrogens (tertiary/aromatic N) is 1. The molecule has 1 aromatic carbocycles. The summed E-state index contributed by atoms with van der Waals surface area (Å²) in [6.07, 6.45) is 0. The van der Waals surface area contributed by atoms with Crippen LogP contribution in [0.25, 0.3) is 0 Å². The lowest BCUT2D eigenvalue weighted by molar-refractivity contribution is 0.102. The van der Waals surface area contributed by atoms with Gasteiger partial charge >= 0.3 is 0 Å². The molecule has 0 unspecified atom stereocenters. The summed E-state index contributed by atoms with van der Waals surface area (Å²) >= 11 is 14.6. The van der Waals surface area contributed by atoms with Gasteiger partial charge in [0.25, 0.3) is 5.91 Å². The van der Waals surface area contributed by atoms with Gasteiger partial charge in [-0.2, -0.15) is 0 Å². The van der Waals surface area contributed by atoms with Crippen molar-refractivity contribution in [1.82, 2.24) is 4.98 Å². The van der Waals surface area contributed by atoms with Gasteiger partial charge in [-0.3, -0.25) is 4.79 Å². The molecular weight excluding hydrogens is 358 g/mol. The summed E-state index contributed by atoms with van der Waals surface area (Å²) in [5.74, 6) is -1.11. The molecule has 0 saturated heterocycles. The van der Waals surface area contributed by atoms with Gasteiger partial charge in [0.05, 0.1) is 11.3 Å². The number of rotatable bonds is 2. The van der Waals surface area contributed by atoms with Gasteiger partial charge in [0.2, 0.25) is 0 Å². The quantitative estimate of drug-likeness (QED) is 0.795. The van der Waals surface area contributed by atoms with Crippen molar-refractivity contribution in [2.45, 2.75) is 0 Å². The van der Waals surface area contributed by atoms with E-state index >= 15 is 0 Å². The van der Waals surface area contributed by atoms with Crippen LogP contribution < -0.4 is 5.32 Å². The topological polar surface area (TPSA) is 42.0 Å². The molecule has 1 heterocycles. The number of amides is 1. The van der Waals surface area contributed by atoms with Gasteiger partial charge in [-0.05, 0) is 30.3 Å². The summed E-state index contributed by atoms with van der Waals surface area (Å²) in [4.78, 5) is 15.7. The molecule has 2 rings (SSSR count). The first-order valence-electron chi connectivity index (χ1n) is 5.06. The normalized spacial score (nSPS) is 10.3. The van der Waals surface area contributed by atoms with Gasteiger partial charge in [-0.15, -0.1) is 0 Å². The number of carbonyl (C=O) groups is 1. The zero-order chi connectivity index (χ0) is 14.0. The monoisotopic (exact) mass is 362 g/mol. The van der Waals surface area contributed by atoms with Crippen molar-refractivity contribution in [2.24, 2.45) is 0 Å². The summed E-state index contributed by atoms with van der Waals surface area (Å²) < 4.78 is 14.1. The Morgan fingerprint density at radius 1 is 1.26 bits per heavy atom. The van der Waals surface area contributed by atoms with Gasteiger partial charge in [-0.1, -0.05) is 39.1 Å². The Morgan fingerprint density at radius 2 is 2.00 bits per heavy atom. The van der Waals surface area contributed by atoms with E-state index in [1.165, 1.54) is 30.3 Å². The van der Waals surface area contributed by atoms with E-state index in [4.69, 9.17) is 23.2 Å². The largest absolute Gasteiger partial charge is 0.319 e. The van der Waals surface area contributed by atoms with Crippen LogP contribution in [0.4, 0.5) is 10.1 Å². The molecule has 1 N–H and O–H groups in total. The molecule has 0 aliphatic heterocycles. The van der Waals surface area contributed by atoms with E-state index in [9.17, 15) is 9.18 Å². The molecule has 1 amide bonds. The number of halogens is 4. The van der Waals surface area contributed by atoms with Crippen molar-refractivity contribution in [2.75, 3.05) is 5.32 Å². The van der Waals surface area contributed by atoms with E-state index in [2.05, 4.69) is 26.2 Å². The predicted molar refractivity (Wildman–Crippen MR) is 76.3 cm³/mol. The number of anilines is 1. The molecule has 0 atom stereocenters. The molecule has 0 saturated carbocycles. The fraction of sp³-hybridized carbons (Fsp3) is 0. The lowest BCUT2D eigenvalue weighted by Crippen LogP contribution is -2.14. The molecule has 0 bridgehead atoms. The molecule has 2 aromatic rings. The standard InChI is InChI=1S/C12H6BrCl2FN2O/c13-6-1-3-8(16)9(5-6)17-12(19)7-2-4-10(14)18-11(7)15/h1-5H,(H,17,19). The van der Waals surface area contributed by atoms with E-state index in [0.717, 1.165) is 0 Å². The van der Waals surface area contributed by atoms with Gasteiger partial charge in [0.1, 0.15) is 16.1 Å². The Morgan fingerprint density at radius 3 is 2.68 bits per heavy atom. The molecule has 0 fully saturated rings. The minimum absolute atomic E-state index is 0.0413. The summed E-state index contributed by atoms with van der Waals surface area (Å²) in [6, 6.07) is 7.07. The second-order valence-corrected chi connectivity index (χ2v) is 5.21. The van der Waals surface area contributed by atoms with Gasteiger partial charge in [0, 0.05) is 4.47 Å². The first-order valence-corrected chi connectivity index (χ1v) is 6.60. The van der Waals surface area contributed by atoms with Crippen LogP contribution in [0.3, 0.4) is 0 Å². The third-order valence-corrected chi connectivity index (χ3v) is 3.23. The van der Waals surface area contributed by atoms with E-state index < -0.39 is 11.7 Å². The number of aromatic nitrogens is 1. The number of nitrogens with one attached hydrogen (secondary N) is 1. The Kier molecular flexibility index (Phi) is 4.39. The highest BCUT2D eigenvalue weighted by molar-refractivity contribution is 9.10. The van der Waals surface area contributed by atoms with Crippen LogP contribution in [0, 0.1) is 5.82 Å². The van der Waals surface area contributed by atoms with Gasteiger partial charge in [-0.25, -0.2) is 9.37 Å². The lowest BCUT2D eigenvalue weighted by Gasteiger charge is -2.08. The predicted octanol–water partition coefficient (Wildman–Crippen LogP) is 4.54. The van der Waals surface area contributed by atoms with Crippen LogP contribution in [0.15, 0.2) is 34.8 Å². The van der Waals surface area contributed by atoms with E-state index in [0.29, 0.717) is 4.47 Å². The lowest BCUT2D eigenvalue weighted by atomic mass is 10.2. The molecule has 98 valence electrons. The molecule has 7 heteroatoms. The summed E-state index contributed by atoms with van der Waals surface area (Å²) in [7, 11) is 0. The number of hydrogen-bond donors (Lipinski definition) is 1. The maximum absolute atomic E-state index is 13.5. The van der Waals surface area contributed by atoms with Crippen molar-refractivity contribution in [1.29, 1.82) is 0 Å². The molecule has 0 spiro atoms. The number of carbonyl (C=O) groups excluding carboxylic acids is 1. The Balaban J connectivity index is 2.28. The second kappa shape index (κ2) is 5.86. The number of pyridine rings is 1. The maximum atomic E-state index is 13.5. The maximum Gasteiger partial charge on any atom is 0.258 e. The average Bonchev–Trinajstić information content (AvgIpc) is 2.33. The fourth-order valence-electron chi connectivity index (χ4n) is 1.36. The second-order valence-electron chi connectivity index (χ2n) is 3.55. The molecule has 1 aromatic heterocycles. The number of hydrogen-bond acceptors (Lipinski definition) is 2. The van der Waals surface area contributed by atoms with Crippen molar-refractivity contribution >= 4 is 50.7 Å². The van der Waals surface area contributed by atoms with Crippen molar-refractivity contribution < 1.29 is 9.18 Å². The highest BCUT2D eigenvalue weighted by Crippen LogP contribution is 2.22. The van der Waals surface area contributed by atoms with Gasteiger partial charge in [0.15, 0.2) is 0 Å². The van der Waals surface area contributed by atoms with E-state index in [1.54, 1.807) is 0 Å². The number of benzene rings is 1. The third kappa shape index (κ3) is 3.43. The van der Waals surface area contributed by atoms with Crippen LogP contribution in [-0.2, 0) is 0 Å². The third-order valence-electron chi connectivity index (χ3n) is 2.24. The Hall–Kier alpha value is -1.17. The first-order chi connectivity index (χ1) is 8.97. The van der Waals surface area contributed by atoms with Crippen molar-refractivity contribution in [3.63, 3.8) is 0 Å². The zero-order valence-electron chi connectivity index (χ0n) is 9.25. The minimum atomic E-state index is -0.564. The molecule has 3 nitrogen and oxygen atoms in total. The smallest absolute Gasteiger partial charge is 0.258 e. The average molecular weight is 364 g/mol. The van der Waals surface area contributed by atoms with E-state index in [1.807, 2.05) is 0 Å². The Labute approximate surface area is 126 Å². The van der Waals surface area contributed by atoms with Crippen LogP contribution in [-0.4, -0.2) is 10.9 Å². The summed E-state index contributed by atoms with van der Waals surface area (Å²) in [5.41, 5.74) is 0.163. The van der Waals surface area contributed by atoms with Crippen LogP contribution in [0.5, 0.6) is 0 Å². The van der Waals surface area contributed by atoms with Crippen LogP contribution in [0.1, 0.15) is 10.4 Å². The van der Waals surface area contributed by atoms with Crippen LogP contribution in [0.2, 0.25) is 10.3 Å². The van der Waals surface area contributed by atoms with E-state index in [-0.39, 0.29) is 21.6 Å².